The molecule has 142 valence electrons. The fourth-order valence-electron chi connectivity index (χ4n) is 3.71. The van der Waals surface area contributed by atoms with Crippen molar-refractivity contribution >= 4 is 41.3 Å². The molecule has 3 aromatic rings. The van der Waals surface area contributed by atoms with Gasteiger partial charge in [0.05, 0.1) is 5.52 Å². The normalized spacial score (nSPS) is 14.4. The van der Waals surface area contributed by atoms with Crippen molar-refractivity contribution in [3.05, 3.63) is 65.1 Å². The summed E-state index contributed by atoms with van der Waals surface area (Å²) in [6, 6.07) is 13.6. The van der Waals surface area contributed by atoms with Crippen LogP contribution < -0.4 is 4.90 Å². The molecule has 2 aromatic carbocycles. The van der Waals surface area contributed by atoms with Gasteiger partial charge in [-0.25, -0.2) is 4.39 Å². The minimum absolute atomic E-state index is 0. The number of hydrogen-bond acceptors (Lipinski definition) is 2. The molecular formula is C22H25ClFN3. The summed E-state index contributed by atoms with van der Waals surface area (Å²) in [6.45, 7) is 1.89. The Balaban J connectivity index is 0.00000210. The highest BCUT2D eigenvalue weighted by Gasteiger charge is 2.21. The van der Waals surface area contributed by atoms with Gasteiger partial charge in [-0.3, -0.25) is 0 Å². The first kappa shape index (κ1) is 19.5. The summed E-state index contributed by atoms with van der Waals surface area (Å²) in [5.41, 5.74) is 5.96. The van der Waals surface area contributed by atoms with Crippen LogP contribution in [0.4, 0.5) is 10.1 Å². The second kappa shape index (κ2) is 7.75. The van der Waals surface area contributed by atoms with E-state index in [2.05, 4.69) is 58.0 Å². The second-order valence-corrected chi connectivity index (χ2v) is 7.25. The van der Waals surface area contributed by atoms with Gasteiger partial charge in [-0.2, -0.15) is 0 Å². The number of nitrogens with zero attached hydrogens (tertiary/aromatic N) is 3. The molecule has 0 radical (unpaired) electrons. The molecule has 0 aliphatic carbocycles. The van der Waals surface area contributed by atoms with E-state index >= 15 is 0 Å². The molecule has 0 saturated carbocycles. The van der Waals surface area contributed by atoms with Gasteiger partial charge in [-0.1, -0.05) is 12.1 Å². The summed E-state index contributed by atoms with van der Waals surface area (Å²) in [5.74, 6) is -0.172. The third-order valence-corrected chi connectivity index (χ3v) is 5.17. The monoisotopic (exact) mass is 385 g/mol. The van der Waals surface area contributed by atoms with Crippen LogP contribution in [-0.4, -0.2) is 37.2 Å². The predicted molar refractivity (Wildman–Crippen MR) is 115 cm³/mol. The number of aromatic nitrogens is 1. The number of anilines is 1. The van der Waals surface area contributed by atoms with E-state index in [0.717, 1.165) is 36.0 Å². The number of hydrogen-bond donors (Lipinski definition) is 0. The Morgan fingerprint density at radius 2 is 1.81 bits per heavy atom. The average Bonchev–Trinajstić information content (AvgIpc) is 2.92. The van der Waals surface area contributed by atoms with Gasteiger partial charge in [0.1, 0.15) is 5.82 Å². The van der Waals surface area contributed by atoms with Gasteiger partial charge < -0.3 is 14.4 Å². The minimum atomic E-state index is -0.172. The van der Waals surface area contributed by atoms with Gasteiger partial charge in [0.25, 0.3) is 0 Å². The van der Waals surface area contributed by atoms with Crippen molar-refractivity contribution in [2.45, 2.75) is 13.0 Å². The van der Waals surface area contributed by atoms with Crippen LogP contribution in [0.5, 0.6) is 0 Å². The molecule has 0 atom stereocenters. The highest BCUT2D eigenvalue weighted by molar-refractivity contribution is 5.88. The van der Waals surface area contributed by atoms with E-state index in [1.807, 2.05) is 20.2 Å². The molecule has 3 nitrogen and oxygen atoms in total. The quantitative estimate of drug-likeness (QED) is 0.636. The lowest BCUT2D eigenvalue weighted by atomic mass is 10.1. The van der Waals surface area contributed by atoms with Crippen LogP contribution in [0, 0.1) is 5.82 Å². The molecule has 0 spiro atoms. The first-order valence-electron chi connectivity index (χ1n) is 8.98. The molecule has 0 amide bonds. The van der Waals surface area contributed by atoms with Gasteiger partial charge in [0, 0.05) is 56.6 Å². The Kier molecular flexibility index (Phi) is 5.59. The van der Waals surface area contributed by atoms with E-state index in [9.17, 15) is 4.39 Å². The van der Waals surface area contributed by atoms with Crippen LogP contribution in [0.2, 0.25) is 0 Å². The molecule has 0 N–H and O–H groups in total. The lowest BCUT2D eigenvalue weighted by molar-refractivity contribution is 0.312. The van der Waals surface area contributed by atoms with Crippen molar-refractivity contribution in [2.75, 3.05) is 32.6 Å². The van der Waals surface area contributed by atoms with E-state index in [1.54, 1.807) is 12.1 Å². The predicted octanol–water partition coefficient (Wildman–Crippen LogP) is 4.88. The molecule has 1 aliphatic rings. The fraction of sp³-hybridized carbons (Fsp3) is 0.273. The molecule has 0 saturated heterocycles. The summed E-state index contributed by atoms with van der Waals surface area (Å²) < 4.78 is 16.1. The summed E-state index contributed by atoms with van der Waals surface area (Å²) in [7, 11) is 6.20. The van der Waals surface area contributed by atoms with Gasteiger partial charge in [0.2, 0.25) is 0 Å². The van der Waals surface area contributed by atoms with Crippen LogP contribution >= 0.6 is 12.4 Å². The van der Waals surface area contributed by atoms with Crippen molar-refractivity contribution in [3.8, 4) is 0 Å². The Hall–Kier alpha value is -2.30. The summed E-state index contributed by atoms with van der Waals surface area (Å²) in [5, 5.41) is 1.03. The van der Waals surface area contributed by atoms with Crippen molar-refractivity contribution in [1.82, 2.24) is 9.47 Å². The van der Waals surface area contributed by atoms with Crippen LogP contribution in [0.3, 0.4) is 0 Å². The van der Waals surface area contributed by atoms with Crippen LogP contribution in [0.15, 0.2) is 42.5 Å². The van der Waals surface area contributed by atoms with E-state index in [4.69, 9.17) is 0 Å². The molecule has 2 heterocycles. The first-order valence-corrected chi connectivity index (χ1v) is 8.98. The van der Waals surface area contributed by atoms with Gasteiger partial charge in [0.15, 0.2) is 0 Å². The number of likely N-dealkylation sites (N-methyl/N-ethyl adjacent to an activating group) is 1. The number of rotatable bonds is 3. The Morgan fingerprint density at radius 1 is 1.07 bits per heavy atom. The molecule has 27 heavy (non-hydrogen) atoms. The molecule has 1 aromatic heterocycles. The first-order chi connectivity index (χ1) is 12.5. The van der Waals surface area contributed by atoms with E-state index < -0.39 is 0 Å². The van der Waals surface area contributed by atoms with Crippen LogP contribution in [-0.2, 0) is 13.0 Å². The van der Waals surface area contributed by atoms with Gasteiger partial charge in [-0.15, -0.1) is 12.4 Å². The second-order valence-electron chi connectivity index (χ2n) is 7.25. The Bertz CT molecular complexity index is 973. The van der Waals surface area contributed by atoms with Gasteiger partial charge in [-0.05, 0) is 54.6 Å². The maximum absolute atomic E-state index is 13.8. The molecule has 0 bridgehead atoms. The lowest BCUT2D eigenvalue weighted by Crippen LogP contribution is -2.26. The minimum Gasteiger partial charge on any atom is -0.378 e. The Morgan fingerprint density at radius 3 is 2.52 bits per heavy atom. The zero-order valence-electron chi connectivity index (χ0n) is 15.9. The third kappa shape index (κ3) is 3.73. The summed E-state index contributed by atoms with van der Waals surface area (Å²) in [4.78, 5) is 4.38. The summed E-state index contributed by atoms with van der Waals surface area (Å²) >= 11 is 0. The maximum Gasteiger partial charge on any atom is 0.123 e. The topological polar surface area (TPSA) is 11.4 Å². The largest absolute Gasteiger partial charge is 0.378 e. The molecular weight excluding hydrogens is 361 g/mol. The molecule has 4 rings (SSSR count). The zero-order valence-corrected chi connectivity index (χ0v) is 16.8. The van der Waals surface area contributed by atoms with Crippen molar-refractivity contribution < 1.29 is 4.39 Å². The molecule has 5 heteroatoms. The third-order valence-electron chi connectivity index (χ3n) is 5.17. The Labute approximate surface area is 166 Å². The number of halogens is 2. The standard InChI is InChI=1S/C22H24FN3.ClH/c1-24(2)18-7-4-16(5-8-18)10-13-26-21-9-6-17(23)14-19(21)20-15-25(3)12-11-22(20)26;/h4-10,13-14H,11-12,15H2,1-3H3;1H/b13-10-;. The maximum atomic E-state index is 13.8. The van der Waals surface area contributed by atoms with E-state index in [-0.39, 0.29) is 18.2 Å². The zero-order chi connectivity index (χ0) is 18.3. The van der Waals surface area contributed by atoms with Crippen molar-refractivity contribution in [3.63, 3.8) is 0 Å². The van der Waals surface area contributed by atoms with Gasteiger partial charge >= 0.3 is 0 Å². The lowest BCUT2D eigenvalue weighted by Gasteiger charge is -2.23. The van der Waals surface area contributed by atoms with Crippen molar-refractivity contribution in [1.29, 1.82) is 0 Å². The number of fused-ring (bicyclic) bond motifs is 3. The van der Waals surface area contributed by atoms with Crippen molar-refractivity contribution in [2.24, 2.45) is 0 Å². The highest BCUT2D eigenvalue weighted by atomic mass is 35.5. The molecule has 1 aliphatic heterocycles. The van der Waals surface area contributed by atoms with Crippen LogP contribution in [0.25, 0.3) is 23.2 Å². The number of benzene rings is 2. The SMILES string of the molecule is CN1CCc2c(c3cc(F)ccc3n2/C=C\c2ccc(N(C)C)cc2)C1.Cl. The summed E-state index contributed by atoms with van der Waals surface area (Å²) in [6.07, 6.45) is 5.22. The fourth-order valence-corrected chi connectivity index (χ4v) is 3.71. The van der Waals surface area contributed by atoms with E-state index in [1.165, 1.54) is 16.9 Å². The molecule has 0 fully saturated rings. The highest BCUT2D eigenvalue weighted by Crippen LogP contribution is 2.31. The smallest absolute Gasteiger partial charge is 0.123 e. The van der Waals surface area contributed by atoms with Crippen LogP contribution in [0.1, 0.15) is 16.8 Å². The van der Waals surface area contributed by atoms with E-state index in [0.29, 0.717) is 0 Å². The average molecular weight is 386 g/mol. The molecule has 0 unspecified atom stereocenters.